The molecule has 0 radical (unpaired) electrons. The molecule has 1 aliphatic heterocycles. The predicted molar refractivity (Wildman–Crippen MR) is 56.7 cm³/mol. The largest absolute Gasteiger partial charge is 0.273 e. The number of hydrogen-bond donors (Lipinski definition) is 0. The second-order valence-electron chi connectivity index (χ2n) is 3.45. The number of amides is 2. The second-order valence-corrected chi connectivity index (χ2v) is 4.90. The molecule has 0 aliphatic carbocycles. The fourth-order valence-corrected chi connectivity index (χ4v) is 2.44. The topological polar surface area (TPSA) is 54.5 Å². The highest BCUT2D eigenvalue weighted by Crippen LogP contribution is 2.22. The summed E-state index contributed by atoms with van der Waals surface area (Å²) in [5, 5.41) is 0. The maximum atomic E-state index is 13.4. The van der Waals surface area contributed by atoms with Gasteiger partial charge >= 0.3 is 0 Å². The zero-order valence-electron chi connectivity index (χ0n) is 8.48. The maximum Gasteiger partial charge on any atom is 0.246 e. The van der Waals surface area contributed by atoms with E-state index in [0.717, 1.165) is 12.1 Å². The first kappa shape index (κ1) is 11.8. The van der Waals surface area contributed by atoms with Crippen LogP contribution in [0.2, 0.25) is 0 Å². The average Bonchev–Trinajstić information content (AvgIpc) is 2.19. The van der Waals surface area contributed by atoms with E-state index < -0.39 is 34.2 Å². The van der Waals surface area contributed by atoms with Gasteiger partial charge in [0, 0.05) is 16.9 Å². The van der Waals surface area contributed by atoms with Gasteiger partial charge in [-0.25, -0.2) is 13.7 Å². The molecular weight excluding hydrogens is 252 g/mol. The minimum atomic E-state index is -1.54. The van der Waals surface area contributed by atoms with Gasteiger partial charge in [-0.1, -0.05) is 0 Å². The number of rotatable bonds is 1. The minimum Gasteiger partial charge on any atom is -0.273 e. The molecule has 1 saturated heterocycles. The summed E-state index contributed by atoms with van der Waals surface area (Å²) >= 11 is 0. The fourth-order valence-electron chi connectivity index (χ4n) is 1.53. The van der Waals surface area contributed by atoms with Gasteiger partial charge < -0.3 is 0 Å². The van der Waals surface area contributed by atoms with E-state index >= 15 is 0 Å². The summed E-state index contributed by atoms with van der Waals surface area (Å²) < 4.78 is 37.2. The van der Waals surface area contributed by atoms with Gasteiger partial charge in [0.05, 0.1) is 5.69 Å². The van der Waals surface area contributed by atoms with Crippen molar-refractivity contribution in [1.82, 2.24) is 0 Å². The molecule has 1 aromatic rings. The smallest absolute Gasteiger partial charge is 0.246 e. The number of carbonyl (C=O) groups excluding carboxylic acids is 2. The monoisotopic (exact) mass is 259 g/mol. The van der Waals surface area contributed by atoms with Crippen molar-refractivity contribution in [3.8, 4) is 0 Å². The number of hydrogen-bond acceptors (Lipinski definition) is 3. The van der Waals surface area contributed by atoms with E-state index in [2.05, 4.69) is 0 Å². The van der Waals surface area contributed by atoms with E-state index in [9.17, 15) is 22.6 Å². The van der Waals surface area contributed by atoms with Gasteiger partial charge in [0.2, 0.25) is 11.8 Å². The van der Waals surface area contributed by atoms with Crippen molar-refractivity contribution in [3.05, 3.63) is 29.8 Å². The lowest BCUT2D eigenvalue weighted by Crippen LogP contribution is -2.47. The molecular formula is C10H7F2NO3S. The lowest BCUT2D eigenvalue weighted by molar-refractivity contribution is -0.124. The number of carbonyl (C=O) groups is 2. The molecule has 17 heavy (non-hydrogen) atoms. The highest BCUT2D eigenvalue weighted by molar-refractivity contribution is 7.86. The molecule has 1 aromatic carbocycles. The molecule has 0 N–H and O–H groups in total. The normalized spacial score (nSPS) is 17.6. The van der Waals surface area contributed by atoms with Crippen LogP contribution < -0.4 is 4.90 Å². The van der Waals surface area contributed by atoms with Gasteiger partial charge in [0.15, 0.2) is 0 Å². The molecule has 0 aromatic heterocycles. The number of benzene rings is 1. The average molecular weight is 259 g/mol. The van der Waals surface area contributed by atoms with Gasteiger partial charge in [-0.2, -0.15) is 0 Å². The van der Waals surface area contributed by atoms with Crippen molar-refractivity contribution < 1.29 is 22.6 Å². The number of nitrogens with zero attached hydrogens (tertiary/aromatic N) is 1. The van der Waals surface area contributed by atoms with Crippen LogP contribution in [0.3, 0.4) is 0 Å². The Morgan fingerprint density at radius 1 is 1.12 bits per heavy atom. The standard InChI is InChI=1S/C10H7F2NO3S/c11-6-1-2-8(7(12)3-6)13-9(14)4-17(16)5-10(13)15/h1-3H,4-5H2. The quantitative estimate of drug-likeness (QED) is 0.693. The SMILES string of the molecule is O=C1CS(=O)CC(=O)N1c1ccc(F)cc1F. The fraction of sp³-hybridized carbons (Fsp3) is 0.200. The molecule has 90 valence electrons. The first-order valence-electron chi connectivity index (χ1n) is 4.65. The Morgan fingerprint density at radius 2 is 1.71 bits per heavy atom. The molecule has 0 unspecified atom stereocenters. The van der Waals surface area contributed by atoms with E-state index in [-0.39, 0.29) is 17.2 Å². The third-order valence-electron chi connectivity index (χ3n) is 2.22. The predicted octanol–water partition coefficient (Wildman–Crippen LogP) is 0.587. The Kier molecular flexibility index (Phi) is 3.01. The van der Waals surface area contributed by atoms with Crippen LogP contribution in [0.15, 0.2) is 18.2 Å². The van der Waals surface area contributed by atoms with Gasteiger partial charge in [0.1, 0.15) is 23.1 Å². The van der Waals surface area contributed by atoms with Gasteiger partial charge in [0.25, 0.3) is 0 Å². The van der Waals surface area contributed by atoms with E-state index in [4.69, 9.17) is 0 Å². The number of imide groups is 1. The van der Waals surface area contributed by atoms with Crippen LogP contribution in [0.4, 0.5) is 14.5 Å². The van der Waals surface area contributed by atoms with Gasteiger partial charge in [-0.05, 0) is 12.1 Å². The van der Waals surface area contributed by atoms with Crippen molar-refractivity contribution in [2.75, 3.05) is 16.4 Å². The van der Waals surface area contributed by atoms with Crippen LogP contribution >= 0.6 is 0 Å². The zero-order valence-corrected chi connectivity index (χ0v) is 9.30. The maximum absolute atomic E-state index is 13.4. The molecule has 0 saturated carbocycles. The van der Waals surface area contributed by atoms with Crippen LogP contribution in [-0.4, -0.2) is 27.5 Å². The third kappa shape index (κ3) is 2.23. The van der Waals surface area contributed by atoms with Crippen LogP contribution in [0, 0.1) is 11.6 Å². The summed E-state index contributed by atoms with van der Waals surface area (Å²) in [6.07, 6.45) is 0. The minimum absolute atomic E-state index is 0.307. The summed E-state index contributed by atoms with van der Waals surface area (Å²) in [7, 11) is -1.54. The van der Waals surface area contributed by atoms with Crippen molar-refractivity contribution in [1.29, 1.82) is 0 Å². The molecule has 0 spiro atoms. The Balaban J connectivity index is 2.42. The van der Waals surface area contributed by atoms with E-state index in [1.54, 1.807) is 0 Å². The van der Waals surface area contributed by atoms with Crippen molar-refractivity contribution in [2.24, 2.45) is 0 Å². The van der Waals surface area contributed by atoms with Gasteiger partial charge in [-0.15, -0.1) is 0 Å². The summed E-state index contributed by atoms with van der Waals surface area (Å²) in [4.78, 5) is 23.6. The van der Waals surface area contributed by atoms with Crippen LogP contribution in [0.1, 0.15) is 0 Å². The van der Waals surface area contributed by atoms with Crippen LogP contribution in [-0.2, 0) is 20.4 Å². The molecule has 0 atom stereocenters. The van der Waals surface area contributed by atoms with Crippen LogP contribution in [0.25, 0.3) is 0 Å². The number of anilines is 1. The van der Waals surface area contributed by atoms with E-state index in [1.165, 1.54) is 0 Å². The Labute approximate surface area is 97.7 Å². The molecule has 2 amide bonds. The number of halogens is 2. The Hall–Kier alpha value is -1.63. The highest BCUT2D eigenvalue weighted by atomic mass is 32.2. The van der Waals surface area contributed by atoms with Gasteiger partial charge in [-0.3, -0.25) is 13.8 Å². The first-order valence-corrected chi connectivity index (χ1v) is 6.13. The van der Waals surface area contributed by atoms with E-state index in [1.807, 2.05) is 0 Å². The molecule has 7 heteroatoms. The highest BCUT2D eigenvalue weighted by Gasteiger charge is 2.33. The van der Waals surface area contributed by atoms with Crippen LogP contribution in [0.5, 0.6) is 0 Å². The molecule has 0 bridgehead atoms. The van der Waals surface area contributed by atoms with E-state index in [0.29, 0.717) is 11.0 Å². The summed E-state index contributed by atoms with van der Waals surface area (Å²) in [6.45, 7) is 0. The molecule has 1 aliphatic rings. The summed E-state index contributed by atoms with van der Waals surface area (Å²) in [6, 6.07) is 2.54. The Bertz CT molecular complexity index is 512. The summed E-state index contributed by atoms with van der Waals surface area (Å²) in [5.74, 6) is -3.95. The second kappa shape index (κ2) is 4.33. The summed E-state index contributed by atoms with van der Waals surface area (Å²) in [5.41, 5.74) is -0.307. The molecule has 2 rings (SSSR count). The Morgan fingerprint density at radius 3 is 2.24 bits per heavy atom. The van der Waals surface area contributed by atoms with Crippen molar-refractivity contribution in [3.63, 3.8) is 0 Å². The molecule has 1 fully saturated rings. The lowest BCUT2D eigenvalue weighted by Gasteiger charge is -2.24. The first-order chi connectivity index (χ1) is 7.99. The van der Waals surface area contributed by atoms with Crippen molar-refractivity contribution >= 4 is 28.3 Å². The third-order valence-corrected chi connectivity index (χ3v) is 3.36. The van der Waals surface area contributed by atoms with Crippen molar-refractivity contribution in [2.45, 2.75) is 0 Å². The molecule has 1 heterocycles. The molecule has 4 nitrogen and oxygen atoms in total. The lowest BCUT2D eigenvalue weighted by atomic mass is 10.2. The zero-order chi connectivity index (χ0) is 12.6.